The molecular formula is C15H18N2O3S. The quantitative estimate of drug-likeness (QED) is 0.936. The molecule has 112 valence electrons. The zero-order valence-electron chi connectivity index (χ0n) is 11.9. The van der Waals surface area contributed by atoms with Crippen LogP contribution in [0.1, 0.15) is 23.7 Å². The zero-order chi connectivity index (χ0) is 15.0. The van der Waals surface area contributed by atoms with Crippen molar-refractivity contribution in [3.63, 3.8) is 0 Å². The van der Waals surface area contributed by atoms with E-state index in [1.54, 1.807) is 0 Å². The summed E-state index contributed by atoms with van der Waals surface area (Å²) >= 11 is 0. The highest BCUT2D eigenvalue weighted by molar-refractivity contribution is 7.91. The topological polar surface area (TPSA) is 68.2 Å². The third-order valence-electron chi connectivity index (χ3n) is 3.94. The van der Waals surface area contributed by atoms with Gasteiger partial charge in [-0.1, -0.05) is 18.2 Å². The number of benzene rings is 1. The lowest BCUT2D eigenvalue weighted by molar-refractivity contribution is 0.0942. The summed E-state index contributed by atoms with van der Waals surface area (Å²) in [6, 6.07) is 7.47. The highest BCUT2D eigenvalue weighted by Crippen LogP contribution is 2.22. The number of nitrogens with one attached hydrogen (secondary N) is 1. The molecule has 6 heteroatoms. The average Bonchev–Trinajstić information content (AvgIpc) is 2.99. The first kappa shape index (κ1) is 14.1. The summed E-state index contributed by atoms with van der Waals surface area (Å²) in [4.78, 5) is 12.4. The molecule has 1 N–H and O–H groups in total. The molecule has 1 aliphatic heterocycles. The summed E-state index contributed by atoms with van der Waals surface area (Å²) in [5, 5.41) is 3.75. The lowest BCUT2D eigenvalue weighted by Gasteiger charge is -2.09. The molecule has 0 bridgehead atoms. The van der Waals surface area contributed by atoms with E-state index in [9.17, 15) is 13.2 Å². The van der Waals surface area contributed by atoms with E-state index in [1.165, 1.54) is 0 Å². The molecule has 0 saturated carbocycles. The number of fused-ring (bicyclic) bond motifs is 1. The predicted molar refractivity (Wildman–Crippen MR) is 82.1 cm³/mol. The second kappa shape index (κ2) is 5.18. The Morgan fingerprint density at radius 1 is 1.38 bits per heavy atom. The smallest absolute Gasteiger partial charge is 0.253 e. The fraction of sp³-hybridized carbons (Fsp3) is 0.400. The Kier molecular flexibility index (Phi) is 3.49. The van der Waals surface area contributed by atoms with E-state index >= 15 is 0 Å². The summed E-state index contributed by atoms with van der Waals surface area (Å²) in [6.45, 7) is 2.81. The number of amides is 1. The molecule has 1 atom stereocenters. The summed E-state index contributed by atoms with van der Waals surface area (Å²) in [5.74, 6) is 0.0142. The number of hydrogen-bond acceptors (Lipinski definition) is 3. The number of para-hydroxylation sites is 1. The number of aryl methyl sites for hydroxylation is 1. The average molecular weight is 306 g/mol. The minimum absolute atomic E-state index is 0.0468. The Bertz CT molecular complexity index is 792. The summed E-state index contributed by atoms with van der Waals surface area (Å²) in [6.07, 6.45) is 2.34. The predicted octanol–water partition coefficient (Wildman–Crippen LogP) is 1.58. The van der Waals surface area contributed by atoms with Crippen LogP contribution < -0.4 is 5.32 Å². The molecular weight excluding hydrogens is 288 g/mol. The third-order valence-corrected chi connectivity index (χ3v) is 5.71. The fourth-order valence-corrected chi connectivity index (χ4v) is 4.53. The van der Waals surface area contributed by atoms with Crippen LogP contribution in [0.25, 0.3) is 10.9 Å². The molecule has 2 aromatic rings. The molecule has 0 unspecified atom stereocenters. The Hall–Kier alpha value is -1.82. The van der Waals surface area contributed by atoms with E-state index in [1.807, 2.05) is 42.0 Å². The SMILES string of the molecule is CCn1cc(C(=O)N[C@H]2CCS(=O)(=O)C2)c2ccccc21. The molecule has 1 amide bonds. The summed E-state index contributed by atoms with van der Waals surface area (Å²) in [5.41, 5.74) is 1.63. The van der Waals surface area contributed by atoms with Gasteiger partial charge in [0, 0.05) is 29.7 Å². The van der Waals surface area contributed by atoms with E-state index in [0.717, 1.165) is 17.4 Å². The Morgan fingerprint density at radius 2 is 2.14 bits per heavy atom. The fourth-order valence-electron chi connectivity index (χ4n) is 2.86. The van der Waals surface area contributed by atoms with Crippen molar-refractivity contribution in [2.45, 2.75) is 25.9 Å². The number of carbonyl (C=O) groups is 1. The van der Waals surface area contributed by atoms with Gasteiger partial charge in [-0.15, -0.1) is 0 Å². The monoisotopic (exact) mass is 306 g/mol. The van der Waals surface area contributed by atoms with Crippen molar-refractivity contribution < 1.29 is 13.2 Å². The number of carbonyl (C=O) groups excluding carboxylic acids is 1. The molecule has 5 nitrogen and oxygen atoms in total. The van der Waals surface area contributed by atoms with Crippen LogP contribution in [0.15, 0.2) is 30.5 Å². The lowest BCUT2D eigenvalue weighted by Crippen LogP contribution is -2.35. The molecule has 21 heavy (non-hydrogen) atoms. The van der Waals surface area contributed by atoms with Crippen LogP contribution in [0, 0.1) is 0 Å². The molecule has 0 radical (unpaired) electrons. The summed E-state index contributed by atoms with van der Waals surface area (Å²) < 4.78 is 25.0. The number of aromatic nitrogens is 1. The molecule has 1 aromatic heterocycles. The number of rotatable bonds is 3. The van der Waals surface area contributed by atoms with Crippen molar-refractivity contribution in [1.82, 2.24) is 9.88 Å². The van der Waals surface area contributed by atoms with E-state index in [-0.39, 0.29) is 23.5 Å². The molecule has 1 fully saturated rings. The van der Waals surface area contributed by atoms with Crippen molar-refractivity contribution >= 4 is 26.6 Å². The molecule has 1 aromatic carbocycles. The van der Waals surface area contributed by atoms with Gasteiger partial charge in [-0.3, -0.25) is 4.79 Å². The minimum atomic E-state index is -2.99. The third kappa shape index (κ3) is 2.68. The van der Waals surface area contributed by atoms with Crippen molar-refractivity contribution in [3.8, 4) is 0 Å². The van der Waals surface area contributed by atoms with E-state index in [0.29, 0.717) is 12.0 Å². The maximum Gasteiger partial charge on any atom is 0.253 e. The second-order valence-electron chi connectivity index (χ2n) is 5.42. The summed E-state index contributed by atoms with van der Waals surface area (Å²) in [7, 11) is -2.99. The Morgan fingerprint density at radius 3 is 2.81 bits per heavy atom. The number of sulfone groups is 1. The van der Waals surface area contributed by atoms with Gasteiger partial charge in [0.1, 0.15) is 0 Å². The maximum absolute atomic E-state index is 12.4. The van der Waals surface area contributed by atoms with Gasteiger partial charge in [0.25, 0.3) is 5.91 Å². The maximum atomic E-state index is 12.4. The molecule has 1 aliphatic rings. The van der Waals surface area contributed by atoms with Gasteiger partial charge in [0.2, 0.25) is 0 Å². The largest absolute Gasteiger partial charge is 0.348 e. The number of hydrogen-bond donors (Lipinski definition) is 1. The van der Waals surface area contributed by atoms with Gasteiger partial charge < -0.3 is 9.88 Å². The van der Waals surface area contributed by atoms with E-state index in [2.05, 4.69) is 5.32 Å². The molecule has 1 saturated heterocycles. The van der Waals surface area contributed by atoms with Crippen LogP contribution in [-0.4, -0.2) is 36.4 Å². The zero-order valence-corrected chi connectivity index (χ0v) is 12.7. The normalized spacial score (nSPS) is 20.7. The van der Waals surface area contributed by atoms with Crippen LogP contribution in [0.3, 0.4) is 0 Å². The Labute approximate surface area is 123 Å². The number of nitrogens with zero attached hydrogens (tertiary/aromatic N) is 1. The van der Waals surface area contributed by atoms with E-state index in [4.69, 9.17) is 0 Å². The van der Waals surface area contributed by atoms with E-state index < -0.39 is 9.84 Å². The highest BCUT2D eigenvalue weighted by Gasteiger charge is 2.29. The first-order chi connectivity index (χ1) is 10.00. The molecule has 0 aliphatic carbocycles. The van der Waals surface area contributed by atoms with Crippen LogP contribution in [0.4, 0.5) is 0 Å². The van der Waals surface area contributed by atoms with Crippen LogP contribution in [0.5, 0.6) is 0 Å². The first-order valence-electron chi connectivity index (χ1n) is 7.09. The van der Waals surface area contributed by atoms with Gasteiger partial charge in [-0.05, 0) is 19.4 Å². The van der Waals surface area contributed by atoms with Crippen molar-refractivity contribution in [1.29, 1.82) is 0 Å². The van der Waals surface area contributed by atoms with Gasteiger partial charge in [0.15, 0.2) is 9.84 Å². The molecule has 2 heterocycles. The van der Waals surface area contributed by atoms with Crippen LogP contribution in [0.2, 0.25) is 0 Å². The van der Waals surface area contributed by atoms with Gasteiger partial charge in [0.05, 0.1) is 17.1 Å². The lowest BCUT2D eigenvalue weighted by atomic mass is 10.1. The minimum Gasteiger partial charge on any atom is -0.348 e. The first-order valence-corrected chi connectivity index (χ1v) is 8.91. The van der Waals surface area contributed by atoms with Crippen LogP contribution in [-0.2, 0) is 16.4 Å². The molecule has 3 rings (SSSR count). The van der Waals surface area contributed by atoms with Gasteiger partial charge >= 0.3 is 0 Å². The van der Waals surface area contributed by atoms with Crippen molar-refractivity contribution in [2.75, 3.05) is 11.5 Å². The second-order valence-corrected chi connectivity index (χ2v) is 7.65. The van der Waals surface area contributed by atoms with Crippen molar-refractivity contribution in [2.24, 2.45) is 0 Å². The molecule has 0 spiro atoms. The van der Waals surface area contributed by atoms with Crippen molar-refractivity contribution in [3.05, 3.63) is 36.0 Å². The standard InChI is InChI=1S/C15H18N2O3S/c1-2-17-9-13(12-5-3-4-6-14(12)17)15(18)16-11-7-8-21(19,20)10-11/h3-6,9,11H,2,7-8,10H2,1H3,(H,16,18)/t11-/m0/s1. The highest BCUT2D eigenvalue weighted by atomic mass is 32.2. The van der Waals surface area contributed by atoms with Gasteiger partial charge in [-0.2, -0.15) is 0 Å². The van der Waals surface area contributed by atoms with Crippen LogP contribution >= 0.6 is 0 Å². The van der Waals surface area contributed by atoms with Gasteiger partial charge in [-0.25, -0.2) is 8.42 Å². The Balaban J connectivity index is 1.88.